The second-order valence-electron chi connectivity index (χ2n) is 6.83. The van der Waals surface area contributed by atoms with Crippen LogP contribution in [0.15, 0.2) is 24.3 Å². The zero-order chi connectivity index (χ0) is 18.0. The predicted octanol–water partition coefficient (Wildman–Crippen LogP) is 1.27. The number of carbonyl (C=O) groups excluding carboxylic acids is 2. The standard InChI is InChI=1S/C18H25N5O2/c1-11(19)18(25)23-9-7-13(8-10-23)12(2)20-17(24)16-14-5-3-4-6-15(14)21-22-16/h3-6,11-13H,7-10,19H2,1-2H3,(H,20,24)(H,21,22). The zero-order valence-corrected chi connectivity index (χ0v) is 14.7. The molecule has 0 radical (unpaired) electrons. The number of nitrogens with two attached hydrogens (primary N) is 1. The largest absolute Gasteiger partial charge is 0.348 e. The van der Waals surface area contributed by atoms with E-state index in [1.807, 2.05) is 36.1 Å². The van der Waals surface area contributed by atoms with Crippen LogP contribution in [-0.4, -0.2) is 52.1 Å². The van der Waals surface area contributed by atoms with E-state index >= 15 is 0 Å². The van der Waals surface area contributed by atoms with Crippen molar-refractivity contribution in [2.45, 2.75) is 38.8 Å². The molecular weight excluding hydrogens is 318 g/mol. The Balaban J connectivity index is 1.59. The van der Waals surface area contributed by atoms with Gasteiger partial charge in [-0.05, 0) is 38.7 Å². The number of likely N-dealkylation sites (tertiary alicyclic amines) is 1. The number of piperidine rings is 1. The third kappa shape index (κ3) is 3.66. The topological polar surface area (TPSA) is 104 Å². The Kier molecular flexibility index (Phi) is 5.03. The summed E-state index contributed by atoms with van der Waals surface area (Å²) in [6.07, 6.45) is 1.72. The molecule has 25 heavy (non-hydrogen) atoms. The van der Waals surface area contributed by atoms with Gasteiger partial charge < -0.3 is 16.0 Å². The fourth-order valence-electron chi connectivity index (χ4n) is 3.44. The van der Waals surface area contributed by atoms with Gasteiger partial charge in [-0.3, -0.25) is 14.7 Å². The van der Waals surface area contributed by atoms with Gasteiger partial charge >= 0.3 is 0 Å². The normalized spacial score (nSPS) is 18.1. The SMILES string of the molecule is CC(N)C(=O)N1CCC(C(C)NC(=O)c2n[nH]c3ccccc23)CC1. The molecule has 0 bridgehead atoms. The molecule has 7 heteroatoms. The summed E-state index contributed by atoms with van der Waals surface area (Å²) in [5, 5.41) is 10.9. The number of aromatic nitrogens is 2. The molecule has 2 atom stereocenters. The quantitative estimate of drug-likeness (QED) is 0.777. The minimum atomic E-state index is -0.457. The molecule has 134 valence electrons. The maximum atomic E-state index is 12.6. The van der Waals surface area contributed by atoms with E-state index in [4.69, 9.17) is 5.73 Å². The van der Waals surface area contributed by atoms with Crippen molar-refractivity contribution in [3.05, 3.63) is 30.0 Å². The second-order valence-corrected chi connectivity index (χ2v) is 6.83. The first-order chi connectivity index (χ1) is 12.0. The Morgan fingerprint density at radius 1 is 1.28 bits per heavy atom. The number of nitrogens with zero attached hydrogens (tertiary/aromatic N) is 2. The van der Waals surface area contributed by atoms with Crippen LogP contribution in [0.3, 0.4) is 0 Å². The molecule has 1 saturated heterocycles. The number of amides is 2. The molecule has 7 nitrogen and oxygen atoms in total. The number of nitrogens with one attached hydrogen (secondary N) is 2. The zero-order valence-electron chi connectivity index (χ0n) is 14.7. The van der Waals surface area contributed by atoms with Crippen molar-refractivity contribution < 1.29 is 9.59 Å². The highest BCUT2D eigenvalue weighted by Crippen LogP contribution is 2.22. The van der Waals surface area contributed by atoms with E-state index in [-0.39, 0.29) is 17.9 Å². The number of hydrogen-bond acceptors (Lipinski definition) is 4. The molecule has 2 heterocycles. The van der Waals surface area contributed by atoms with Crippen LogP contribution >= 0.6 is 0 Å². The molecule has 1 fully saturated rings. The van der Waals surface area contributed by atoms with E-state index in [0.717, 1.165) is 23.7 Å². The predicted molar refractivity (Wildman–Crippen MR) is 96.0 cm³/mol. The molecule has 1 aliphatic heterocycles. The lowest BCUT2D eigenvalue weighted by Gasteiger charge is -2.35. The number of benzene rings is 1. The van der Waals surface area contributed by atoms with Crippen LogP contribution in [0.2, 0.25) is 0 Å². The van der Waals surface area contributed by atoms with Crippen molar-refractivity contribution in [2.24, 2.45) is 11.7 Å². The lowest BCUT2D eigenvalue weighted by atomic mass is 9.90. The van der Waals surface area contributed by atoms with Gasteiger partial charge in [0.2, 0.25) is 5.91 Å². The Labute approximate surface area is 146 Å². The van der Waals surface area contributed by atoms with E-state index in [9.17, 15) is 9.59 Å². The molecule has 0 aliphatic carbocycles. The van der Waals surface area contributed by atoms with Crippen molar-refractivity contribution in [1.82, 2.24) is 20.4 Å². The van der Waals surface area contributed by atoms with Crippen LogP contribution < -0.4 is 11.1 Å². The van der Waals surface area contributed by atoms with Crippen molar-refractivity contribution in [3.8, 4) is 0 Å². The third-order valence-corrected chi connectivity index (χ3v) is 4.99. The lowest BCUT2D eigenvalue weighted by molar-refractivity contribution is -0.133. The molecule has 2 amide bonds. The molecule has 0 spiro atoms. The van der Waals surface area contributed by atoms with Crippen LogP contribution in [0.4, 0.5) is 0 Å². The average Bonchev–Trinajstić information content (AvgIpc) is 3.05. The number of aromatic amines is 1. The van der Waals surface area contributed by atoms with E-state index in [2.05, 4.69) is 15.5 Å². The first kappa shape index (κ1) is 17.4. The molecule has 3 rings (SSSR count). The van der Waals surface area contributed by atoms with Gasteiger partial charge in [-0.1, -0.05) is 18.2 Å². The van der Waals surface area contributed by atoms with Gasteiger partial charge in [-0.25, -0.2) is 0 Å². The molecule has 0 saturated carbocycles. The summed E-state index contributed by atoms with van der Waals surface area (Å²) >= 11 is 0. The first-order valence-electron chi connectivity index (χ1n) is 8.75. The first-order valence-corrected chi connectivity index (χ1v) is 8.75. The molecule has 2 aromatic rings. The van der Waals surface area contributed by atoms with Gasteiger partial charge in [0.05, 0.1) is 11.6 Å². The maximum Gasteiger partial charge on any atom is 0.272 e. The van der Waals surface area contributed by atoms with Gasteiger partial charge in [0.1, 0.15) is 0 Å². The molecule has 2 unspecified atom stereocenters. The summed E-state index contributed by atoms with van der Waals surface area (Å²) in [6, 6.07) is 7.15. The van der Waals surface area contributed by atoms with E-state index in [1.54, 1.807) is 6.92 Å². The number of para-hydroxylation sites is 1. The summed E-state index contributed by atoms with van der Waals surface area (Å²) in [7, 11) is 0. The fourth-order valence-corrected chi connectivity index (χ4v) is 3.44. The van der Waals surface area contributed by atoms with Crippen LogP contribution in [0.5, 0.6) is 0 Å². The number of carbonyl (C=O) groups is 2. The number of H-pyrrole nitrogens is 1. The van der Waals surface area contributed by atoms with Gasteiger partial charge in [0, 0.05) is 24.5 Å². The average molecular weight is 343 g/mol. The smallest absolute Gasteiger partial charge is 0.272 e. The molecule has 1 aromatic carbocycles. The van der Waals surface area contributed by atoms with Crippen LogP contribution in [-0.2, 0) is 4.79 Å². The van der Waals surface area contributed by atoms with E-state index in [1.165, 1.54) is 0 Å². The number of fused-ring (bicyclic) bond motifs is 1. The fraction of sp³-hybridized carbons (Fsp3) is 0.500. The van der Waals surface area contributed by atoms with Crippen molar-refractivity contribution in [2.75, 3.05) is 13.1 Å². The van der Waals surface area contributed by atoms with Crippen LogP contribution in [0, 0.1) is 5.92 Å². The molecule has 1 aliphatic rings. The highest BCUT2D eigenvalue weighted by Gasteiger charge is 2.28. The van der Waals surface area contributed by atoms with Crippen molar-refractivity contribution in [1.29, 1.82) is 0 Å². The second kappa shape index (κ2) is 7.23. The maximum absolute atomic E-state index is 12.6. The van der Waals surface area contributed by atoms with E-state index < -0.39 is 6.04 Å². The summed E-state index contributed by atoms with van der Waals surface area (Å²) in [5.41, 5.74) is 6.94. The Morgan fingerprint density at radius 2 is 1.96 bits per heavy atom. The monoisotopic (exact) mass is 343 g/mol. The number of rotatable bonds is 4. The highest BCUT2D eigenvalue weighted by molar-refractivity contribution is 6.04. The number of hydrogen-bond donors (Lipinski definition) is 3. The molecule has 4 N–H and O–H groups in total. The van der Waals surface area contributed by atoms with Crippen molar-refractivity contribution >= 4 is 22.7 Å². The highest BCUT2D eigenvalue weighted by atomic mass is 16.2. The Morgan fingerprint density at radius 3 is 2.64 bits per heavy atom. The minimum absolute atomic E-state index is 0.00173. The summed E-state index contributed by atoms with van der Waals surface area (Å²) in [4.78, 5) is 26.3. The minimum Gasteiger partial charge on any atom is -0.348 e. The van der Waals surface area contributed by atoms with Crippen molar-refractivity contribution in [3.63, 3.8) is 0 Å². The summed E-state index contributed by atoms with van der Waals surface area (Å²) in [5.74, 6) is 0.170. The Bertz CT molecular complexity index is 762. The molecular formula is C18H25N5O2. The van der Waals surface area contributed by atoms with Gasteiger partial charge in [-0.15, -0.1) is 0 Å². The Hall–Kier alpha value is -2.41. The summed E-state index contributed by atoms with van der Waals surface area (Å²) in [6.45, 7) is 5.11. The molecule has 1 aromatic heterocycles. The van der Waals surface area contributed by atoms with Gasteiger partial charge in [-0.2, -0.15) is 5.10 Å². The van der Waals surface area contributed by atoms with Gasteiger partial charge in [0.15, 0.2) is 5.69 Å². The van der Waals surface area contributed by atoms with Gasteiger partial charge in [0.25, 0.3) is 5.91 Å². The van der Waals surface area contributed by atoms with E-state index in [0.29, 0.717) is 24.7 Å². The van der Waals surface area contributed by atoms with Crippen LogP contribution in [0.1, 0.15) is 37.2 Å². The third-order valence-electron chi connectivity index (χ3n) is 4.99. The summed E-state index contributed by atoms with van der Waals surface area (Å²) < 4.78 is 0. The van der Waals surface area contributed by atoms with Crippen LogP contribution in [0.25, 0.3) is 10.9 Å². The lowest BCUT2D eigenvalue weighted by Crippen LogP contribution is -2.49.